The van der Waals surface area contributed by atoms with Gasteiger partial charge in [-0.15, -0.1) is 0 Å². The van der Waals surface area contributed by atoms with Gasteiger partial charge in [-0.25, -0.2) is 5.84 Å². The highest BCUT2D eigenvalue weighted by Crippen LogP contribution is 2.37. The van der Waals surface area contributed by atoms with Gasteiger partial charge in [0.1, 0.15) is 0 Å². The molecule has 5 heteroatoms. The van der Waals surface area contributed by atoms with E-state index in [1.807, 2.05) is 11.9 Å². The van der Waals surface area contributed by atoms with Gasteiger partial charge in [-0.1, -0.05) is 43.7 Å². The van der Waals surface area contributed by atoms with E-state index in [-0.39, 0.29) is 6.04 Å². The molecule has 0 amide bonds. The Kier molecular flexibility index (Phi) is 7.41. The highest BCUT2D eigenvalue weighted by molar-refractivity contribution is 5.75. The summed E-state index contributed by atoms with van der Waals surface area (Å²) in [5.74, 6) is 6.46. The smallest absolute Gasteiger partial charge is 0.0777 e. The maximum absolute atomic E-state index is 6.46. The van der Waals surface area contributed by atoms with Gasteiger partial charge in [0.2, 0.25) is 0 Å². The molecule has 2 aromatic rings. The van der Waals surface area contributed by atoms with Gasteiger partial charge >= 0.3 is 0 Å². The van der Waals surface area contributed by atoms with Crippen molar-refractivity contribution in [3.05, 3.63) is 76.5 Å². The Labute approximate surface area is 199 Å². The van der Waals surface area contributed by atoms with Crippen molar-refractivity contribution in [2.75, 3.05) is 31.5 Å². The van der Waals surface area contributed by atoms with E-state index in [2.05, 4.69) is 72.6 Å². The van der Waals surface area contributed by atoms with E-state index >= 15 is 0 Å². The van der Waals surface area contributed by atoms with Gasteiger partial charge in [-0.3, -0.25) is 4.90 Å². The largest absolute Gasteiger partial charge is 0.401 e. The van der Waals surface area contributed by atoms with Crippen molar-refractivity contribution in [3.8, 4) is 0 Å². The molecule has 4 rings (SSSR count). The Hall–Kier alpha value is -2.76. The fourth-order valence-corrected chi connectivity index (χ4v) is 5.04. The lowest BCUT2D eigenvalue weighted by molar-refractivity contribution is 0.297. The molecular weight excluding hydrogens is 406 g/mol. The molecule has 0 saturated carbocycles. The van der Waals surface area contributed by atoms with E-state index in [4.69, 9.17) is 11.6 Å². The first-order valence-corrected chi connectivity index (χ1v) is 12.3. The molecule has 0 fully saturated rings. The third kappa shape index (κ3) is 5.43. The molecule has 2 heterocycles. The van der Waals surface area contributed by atoms with Crippen LogP contribution in [0.5, 0.6) is 0 Å². The molecule has 5 N–H and O–H groups in total. The Balaban J connectivity index is 1.69. The predicted octanol–water partition coefficient (Wildman–Crippen LogP) is 5.26. The number of fused-ring (bicyclic) bond motifs is 1. The van der Waals surface area contributed by atoms with Crippen LogP contribution in [0.15, 0.2) is 54.2 Å². The second-order valence-corrected chi connectivity index (χ2v) is 9.52. The van der Waals surface area contributed by atoms with Crippen LogP contribution in [0.4, 0.5) is 5.69 Å². The van der Waals surface area contributed by atoms with Crippen molar-refractivity contribution >= 4 is 17.0 Å². The molecule has 2 aliphatic rings. The molecular formula is C28H39N5. The maximum Gasteiger partial charge on any atom is 0.0777 e. The van der Waals surface area contributed by atoms with E-state index in [9.17, 15) is 0 Å². The summed E-state index contributed by atoms with van der Waals surface area (Å²) >= 11 is 0. The Morgan fingerprint density at radius 1 is 1.15 bits per heavy atom. The predicted molar refractivity (Wildman–Crippen MR) is 140 cm³/mol. The summed E-state index contributed by atoms with van der Waals surface area (Å²) in [7, 11) is 0. The van der Waals surface area contributed by atoms with E-state index in [1.165, 1.54) is 41.6 Å². The second kappa shape index (κ2) is 10.4. The van der Waals surface area contributed by atoms with Gasteiger partial charge in [-0.2, -0.15) is 0 Å². The summed E-state index contributed by atoms with van der Waals surface area (Å²) in [5, 5.41) is 5.60. The van der Waals surface area contributed by atoms with Crippen molar-refractivity contribution in [1.29, 1.82) is 0 Å². The molecule has 1 unspecified atom stereocenters. The summed E-state index contributed by atoms with van der Waals surface area (Å²) in [4.78, 5) is 2.56. The summed E-state index contributed by atoms with van der Waals surface area (Å²) in [6.07, 6.45) is 6.95. The third-order valence-electron chi connectivity index (χ3n) is 6.85. The van der Waals surface area contributed by atoms with Gasteiger partial charge in [0.25, 0.3) is 0 Å². The number of hydrogen-bond acceptors (Lipinski definition) is 5. The normalized spacial score (nSPS) is 20.7. The molecule has 0 aliphatic carbocycles. The number of allylic oxidation sites excluding steroid dienone is 1. The van der Waals surface area contributed by atoms with Crippen molar-refractivity contribution in [1.82, 2.24) is 9.91 Å². The van der Waals surface area contributed by atoms with Crippen LogP contribution in [-0.4, -0.2) is 36.1 Å². The summed E-state index contributed by atoms with van der Waals surface area (Å²) in [5.41, 5.74) is 15.6. The number of nitrogens with one attached hydrogen (secondary N) is 1. The lowest BCUT2D eigenvalue weighted by Crippen LogP contribution is -2.31. The Bertz CT molecular complexity index is 1030. The second-order valence-electron chi connectivity index (χ2n) is 9.52. The molecule has 1 atom stereocenters. The number of hydrazine groups is 1. The van der Waals surface area contributed by atoms with Gasteiger partial charge < -0.3 is 16.1 Å². The van der Waals surface area contributed by atoms with Crippen LogP contribution in [0.3, 0.4) is 0 Å². The first-order valence-electron chi connectivity index (χ1n) is 12.3. The van der Waals surface area contributed by atoms with E-state index in [1.54, 1.807) is 0 Å². The van der Waals surface area contributed by atoms with Crippen LogP contribution in [0.1, 0.15) is 67.8 Å². The van der Waals surface area contributed by atoms with Crippen molar-refractivity contribution in [2.24, 2.45) is 11.6 Å². The lowest BCUT2D eigenvalue weighted by atomic mass is 9.90. The number of nitrogens with two attached hydrogens (primary N) is 2. The van der Waals surface area contributed by atoms with Crippen molar-refractivity contribution in [3.63, 3.8) is 0 Å². The van der Waals surface area contributed by atoms with E-state index < -0.39 is 0 Å². The van der Waals surface area contributed by atoms with E-state index in [0.29, 0.717) is 0 Å². The molecule has 0 saturated heterocycles. The maximum atomic E-state index is 6.46. The minimum atomic E-state index is 0.162. The van der Waals surface area contributed by atoms with E-state index in [0.717, 1.165) is 55.1 Å². The fourth-order valence-electron chi connectivity index (χ4n) is 5.04. The zero-order valence-electron chi connectivity index (χ0n) is 20.4. The Morgan fingerprint density at radius 2 is 2.00 bits per heavy atom. The SMILES string of the molecule is CCCCN1CC=C(c2ccc3c(c2)C(Nc2cccc(C)c2)CCN(N)/C3=C(/C)N)CC1. The van der Waals surface area contributed by atoms with Gasteiger partial charge in [0.05, 0.1) is 11.7 Å². The number of hydrogen-bond donors (Lipinski definition) is 3. The molecule has 2 aliphatic heterocycles. The first kappa shape index (κ1) is 23.4. The zero-order valence-corrected chi connectivity index (χ0v) is 20.4. The van der Waals surface area contributed by atoms with Gasteiger partial charge in [0, 0.05) is 36.6 Å². The molecule has 0 spiro atoms. The van der Waals surface area contributed by atoms with Crippen LogP contribution in [0.25, 0.3) is 11.3 Å². The standard InChI is InChI=1S/C28H39N5/c1-4-5-14-32-15-11-22(12-16-32)23-9-10-25-26(19-23)27(13-17-33(30)28(25)21(3)29)31-24-8-6-7-20(2)18-24/h6-11,18-19,27,31H,4-5,12-17,29-30H2,1-3H3/b28-21-. The summed E-state index contributed by atoms with van der Waals surface area (Å²) in [6.45, 7) is 10.4. The summed E-state index contributed by atoms with van der Waals surface area (Å²) < 4.78 is 0. The molecule has 0 radical (unpaired) electrons. The van der Waals surface area contributed by atoms with Gasteiger partial charge in [-0.05, 0) is 80.1 Å². The van der Waals surface area contributed by atoms with Crippen LogP contribution >= 0.6 is 0 Å². The monoisotopic (exact) mass is 445 g/mol. The van der Waals surface area contributed by atoms with Crippen LogP contribution in [0, 0.1) is 6.92 Å². The van der Waals surface area contributed by atoms with Crippen LogP contribution in [-0.2, 0) is 0 Å². The average Bonchev–Trinajstić information content (AvgIpc) is 2.94. The minimum absolute atomic E-state index is 0.162. The number of benzene rings is 2. The fraction of sp³-hybridized carbons (Fsp3) is 0.429. The van der Waals surface area contributed by atoms with Crippen molar-refractivity contribution < 1.29 is 0 Å². The minimum Gasteiger partial charge on any atom is -0.401 e. The van der Waals surface area contributed by atoms with Gasteiger partial charge in [0.15, 0.2) is 0 Å². The summed E-state index contributed by atoms with van der Waals surface area (Å²) in [6, 6.07) is 15.6. The molecule has 5 nitrogen and oxygen atoms in total. The van der Waals surface area contributed by atoms with Crippen LogP contribution in [0.2, 0.25) is 0 Å². The highest BCUT2D eigenvalue weighted by Gasteiger charge is 2.26. The molecule has 176 valence electrons. The first-order chi connectivity index (χ1) is 16.0. The number of unbranched alkanes of at least 4 members (excludes halogenated alkanes) is 1. The topological polar surface area (TPSA) is 70.5 Å². The third-order valence-corrected chi connectivity index (χ3v) is 6.85. The number of rotatable bonds is 6. The molecule has 0 bridgehead atoms. The zero-order chi connectivity index (χ0) is 23.4. The molecule has 33 heavy (non-hydrogen) atoms. The lowest BCUT2D eigenvalue weighted by Gasteiger charge is -2.27. The van der Waals surface area contributed by atoms with Crippen molar-refractivity contribution in [2.45, 2.75) is 52.5 Å². The quantitative estimate of drug-likeness (QED) is 0.529. The average molecular weight is 446 g/mol. The Morgan fingerprint density at radius 3 is 2.70 bits per heavy atom. The number of aryl methyl sites for hydroxylation is 1. The van der Waals surface area contributed by atoms with Crippen LogP contribution < -0.4 is 16.9 Å². The number of nitrogens with zero attached hydrogens (tertiary/aromatic N) is 2. The highest BCUT2D eigenvalue weighted by atomic mass is 15.4. The molecule has 2 aromatic carbocycles. The molecule has 0 aromatic heterocycles. The number of anilines is 1.